The third-order valence-electron chi connectivity index (χ3n) is 7.59. The molecule has 200 valence electrons. The van der Waals surface area contributed by atoms with Crippen molar-refractivity contribution in [3.05, 3.63) is 95.6 Å². The van der Waals surface area contributed by atoms with Crippen molar-refractivity contribution in [1.29, 1.82) is 0 Å². The summed E-state index contributed by atoms with van der Waals surface area (Å²) in [6, 6.07) is 25.7. The van der Waals surface area contributed by atoms with Gasteiger partial charge in [-0.1, -0.05) is 60.7 Å². The normalized spacial score (nSPS) is 22.6. The van der Waals surface area contributed by atoms with Crippen molar-refractivity contribution in [1.82, 2.24) is 10.6 Å². The zero-order valence-electron chi connectivity index (χ0n) is 21.8. The Bertz CT molecular complexity index is 1360. The zero-order chi connectivity index (χ0) is 26.7. The highest BCUT2D eigenvalue weighted by molar-refractivity contribution is 7.92. The first-order valence-corrected chi connectivity index (χ1v) is 15.0. The van der Waals surface area contributed by atoms with E-state index >= 15 is 0 Å². The molecule has 8 heteroatoms. The number of anilines is 1. The van der Waals surface area contributed by atoms with Crippen LogP contribution in [0.2, 0.25) is 0 Å². The van der Waals surface area contributed by atoms with Crippen molar-refractivity contribution in [3.8, 4) is 5.75 Å². The highest BCUT2D eigenvalue weighted by atomic mass is 32.2. The molecule has 3 aromatic rings. The van der Waals surface area contributed by atoms with Crippen LogP contribution in [0.3, 0.4) is 0 Å². The number of carbonyl (C=O) groups excluding carboxylic acids is 1. The lowest BCUT2D eigenvalue weighted by molar-refractivity contribution is 0.0933. The van der Waals surface area contributed by atoms with Crippen LogP contribution in [0.4, 0.5) is 5.69 Å². The summed E-state index contributed by atoms with van der Waals surface area (Å²) in [5, 5.41) is 6.68. The molecule has 2 unspecified atom stereocenters. The first kappa shape index (κ1) is 26.3. The molecule has 0 radical (unpaired) electrons. The fraction of sp³-hybridized carbons (Fsp3) is 0.367. The third-order valence-corrected chi connectivity index (χ3v) is 8.80. The maximum absolute atomic E-state index is 13.4. The molecular weight excluding hydrogens is 498 g/mol. The van der Waals surface area contributed by atoms with Gasteiger partial charge in [0.1, 0.15) is 5.75 Å². The molecule has 1 heterocycles. The van der Waals surface area contributed by atoms with Crippen molar-refractivity contribution < 1.29 is 17.9 Å². The number of carbonyl (C=O) groups is 1. The van der Waals surface area contributed by atoms with E-state index in [0.717, 1.165) is 32.1 Å². The molecule has 1 amide bonds. The van der Waals surface area contributed by atoms with E-state index in [2.05, 4.69) is 34.9 Å². The van der Waals surface area contributed by atoms with E-state index in [1.54, 1.807) is 18.2 Å². The molecule has 0 spiro atoms. The predicted octanol–water partition coefficient (Wildman–Crippen LogP) is 3.97. The van der Waals surface area contributed by atoms with E-state index in [0.29, 0.717) is 35.4 Å². The Balaban J connectivity index is 1.30. The first-order valence-electron chi connectivity index (χ1n) is 13.1. The summed E-state index contributed by atoms with van der Waals surface area (Å²) >= 11 is 0. The Hall–Kier alpha value is -3.36. The number of hydrogen-bond donors (Lipinski definition) is 2. The Kier molecular flexibility index (Phi) is 7.72. The van der Waals surface area contributed by atoms with Crippen molar-refractivity contribution in [3.63, 3.8) is 0 Å². The SMILES string of the molecule is CN(c1cc(OCC2CC2c2ccccc2)cc(C(=O)N[C@@H]2CCN[C@@H]2Cc2ccccc2)c1)S(C)(=O)=O. The topological polar surface area (TPSA) is 87.7 Å². The molecule has 2 N–H and O–H groups in total. The highest BCUT2D eigenvalue weighted by Gasteiger charge is 2.38. The largest absolute Gasteiger partial charge is 0.493 e. The molecule has 5 rings (SSSR count). The van der Waals surface area contributed by atoms with Gasteiger partial charge in [-0.2, -0.15) is 0 Å². The van der Waals surface area contributed by atoms with Crippen molar-refractivity contribution >= 4 is 21.6 Å². The van der Waals surface area contributed by atoms with Gasteiger partial charge in [-0.05, 0) is 55.0 Å². The summed E-state index contributed by atoms with van der Waals surface area (Å²) in [7, 11) is -2.02. The summed E-state index contributed by atoms with van der Waals surface area (Å²) in [5.74, 6) is 1.12. The van der Waals surface area contributed by atoms with Gasteiger partial charge in [0.2, 0.25) is 10.0 Å². The van der Waals surface area contributed by atoms with Crippen molar-refractivity contribution in [2.45, 2.75) is 37.3 Å². The monoisotopic (exact) mass is 533 g/mol. The number of amides is 1. The molecule has 1 aliphatic carbocycles. The fourth-order valence-electron chi connectivity index (χ4n) is 5.19. The number of hydrogen-bond acceptors (Lipinski definition) is 5. The smallest absolute Gasteiger partial charge is 0.251 e. The van der Waals surface area contributed by atoms with E-state index in [1.807, 2.05) is 36.4 Å². The minimum Gasteiger partial charge on any atom is -0.493 e. The van der Waals surface area contributed by atoms with Crippen LogP contribution in [-0.4, -0.2) is 52.9 Å². The van der Waals surface area contributed by atoms with E-state index in [9.17, 15) is 13.2 Å². The van der Waals surface area contributed by atoms with Crippen molar-refractivity contribution in [2.24, 2.45) is 5.92 Å². The molecule has 1 saturated heterocycles. The molecule has 38 heavy (non-hydrogen) atoms. The Morgan fingerprint density at radius 2 is 1.76 bits per heavy atom. The van der Waals surface area contributed by atoms with Crippen molar-refractivity contribution in [2.75, 3.05) is 30.8 Å². The van der Waals surface area contributed by atoms with E-state index in [1.165, 1.54) is 22.5 Å². The number of ether oxygens (including phenoxy) is 1. The summed E-state index contributed by atoms with van der Waals surface area (Å²) in [5.41, 5.74) is 3.30. The van der Waals surface area contributed by atoms with Gasteiger partial charge in [-0.25, -0.2) is 8.42 Å². The lowest BCUT2D eigenvalue weighted by Gasteiger charge is -2.22. The van der Waals surface area contributed by atoms with Crippen LogP contribution in [0.5, 0.6) is 5.75 Å². The lowest BCUT2D eigenvalue weighted by Crippen LogP contribution is -2.44. The molecule has 2 fully saturated rings. The quantitative estimate of drug-likeness (QED) is 0.412. The maximum Gasteiger partial charge on any atom is 0.251 e. The van der Waals surface area contributed by atoms with Crippen LogP contribution in [0.15, 0.2) is 78.9 Å². The van der Waals surface area contributed by atoms with Gasteiger partial charge in [0.15, 0.2) is 0 Å². The standard InChI is InChI=1S/C30H35N3O4S/c1-33(38(2,35)36)25-16-23(17-26(19-25)37-20-24-18-27(24)22-11-7-4-8-12-22)30(34)32-28-13-14-31-29(28)15-21-9-5-3-6-10-21/h3-12,16-17,19,24,27-29,31H,13-15,18,20H2,1-2H3,(H,32,34)/t24?,27?,28-,29-/m1/s1. The predicted molar refractivity (Wildman–Crippen MR) is 150 cm³/mol. The van der Waals surface area contributed by atoms with E-state index in [-0.39, 0.29) is 18.0 Å². The maximum atomic E-state index is 13.4. The van der Waals surface area contributed by atoms with E-state index in [4.69, 9.17) is 4.74 Å². The molecule has 7 nitrogen and oxygen atoms in total. The van der Waals surface area contributed by atoms with Gasteiger partial charge in [0.25, 0.3) is 5.91 Å². The lowest BCUT2D eigenvalue weighted by atomic mass is 10.0. The van der Waals surface area contributed by atoms with Crippen LogP contribution in [0.25, 0.3) is 0 Å². The molecule has 2 aliphatic rings. The number of rotatable bonds is 10. The van der Waals surface area contributed by atoms with Crippen LogP contribution in [-0.2, 0) is 16.4 Å². The Morgan fingerprint density at radius 3 is 2.47 bits per heavy atom. The second kappa shape index (κ2) is 11.2. The van der Waals surface area contributed by atoms with Gasteiger partial charge in [-0.3, -0.25) is 9.10 Å². The summed E-state index contributed by atoms with van der Waals surface area (Å²) in [6.45, 7) is 1.34. The van der Waals surface area contributed by atoms with Crippen LogP contribution >= 0.6 is 0 Å². The number of nitrogens with one attached hydrogen (secondary N) is 2. The molecule has 4 atom stereocenters. The fourth-order valence-corrected chi connectivity index (χ4v) is 5.68. The summed E-state index contributed by atoms with van der Waals surface area (Å²) in [4.78, 5) is 13.4. The second-order valence-electron chi connectivity index (χ2n) is 10.4. The van der Waals surface area contributed by atoms with Gasteiger partial charge in [0.05, 0.1) is 18.6 Å². The minimum atomic E-state index is -3.51. The van der Waals surface area contributed by atoms with E-state index < -0.39 is 10.0 Å². The molecule has 1 saturated carbocycles. The average Bonchev–Trinajstić information content (AvgIpc) is 3.58. The Morgan fingerprint density at radius 1 is 1.05 bits per heavy atom. The highest BCUT2D eigenvalue weighted by Crippen LogP contribution is 2.47. The van der Waals surface area contributed by atoms with Gasteiger partial charge < -0.3 is 15.4 Å². The third kappa shape index (κ3) is 6.37. The molecule has 0 aromatic heterocycles. The summed E-state index contributed by atoms with van der Waals surface area (Å²) < 4.78 is 31.9. The first-order chi connectivity index (χ1) is 18.3. The van der Waals surface area contributed by atoms with Gasteiger partial charge >= 0.3 is 0 Å². The van der Waals surface area contributed by atoms with Crippen LogP contribution in [0, 0.1) is 5.92 Å². The minimum absolute atomic E-state index is 0.0264. The molecular formula is C30H35N3O4S. The molecule has 3 aromatic carbocycles. The van der Waals surface area contributed by atoms with Gasteiger partial charge in [0, 0.05) is 36.7 Å². The van der Waals surface area contributed by atoms with Gasteiger partial charge in [-0.15, -0.1) is 0 Å². The second-order valence-corrected chi connectivity index (χ2v) is 12.4. The average molecular weight is 534 g/mol. The zero-order valence-corrected chi connectivity index (χ0v) is 22.7. The molecule has 1 aliphatic heterocycles. The number of nitrogens with zero attached hydrogens (tertiary/aromatic N) is 1. The molecule has 0 bridgehead atoms. The Labute approximate surface area is 225 Å². The number of benzene rings is 3. The van der Waals surface area contributed by atoms with Crippen LogP contribution in [0.1, 0.15) is 40.2 Å². The summed E-state index contributed by atoms with van der Waals surface area (Å²) in [6.07, 6.45) is 3.85. The van der Waals surface area contributed by atoms with Crippen LogP contribution < -0.4 is 19.7 Å². The number of sulfonamides is 1.